The van der Waals surface area contributed by atoms with Gasteiger partial charge in [-0.25, -0.2) is 4.79 Å². The smallest absolute Gasteiger partial charge is 0.410 e. The average molecular weight is 342 g/mol. The highest BCUT2D eigenvalue weighted by Gasteiger charge is 2.21. The Balaban J connectivity index is 1.74. The molecule has 2 rings (SSSR count). The fourth-order valence-electron chi connectivity index (χ4n) is 3.09. The van der Waals surface area contributed by atoms with Gasteiger partial charge in [0.15, 0.2) is 0 Å². The topological polar surface area (TPSA) is 60.0 Å². The van der Waals surface area contributed by atoms with Crippen LogP contribution < -0.4 is 5.32 Å². The van der Waals surface area contributed by atoms with Crippen LogP contribution in [0.25, 0.3) is 0 Å². The van der Waals surface area contributed by atoms with Gasteiger partial charge in [0.05, 0.1) is 13.2 Å². The van der Waals surface area contributed by atoms with Crippen molar-refractivity contribution in [2.24, 2.45) is 0 Å². The van der Waals surface area contributed by atoms with E-state index in [2.05, 4.69) is 5.32 Å². The standard InChI is InChI=1S/C18H34N2O4/c21-18(20-10-14-23-15-11-20)24-17-8-4-2-1-3-6-12-22-13-7-5-9-19-16-17/h17,19H,1-16H2. The third kappa shape index (κ3) is 8.31. The molecule has 2 heterocycles. The van der Waals surface area contributed by atoms with Crippen molar-refractivity contribution in [3.05, 3.63) is 0 Å². The number of rotatable bonds is 1. The predicted octanol–water partition coefficient (Wildman–Crippen LogP) is 2.56. The van der Waals surface area contributed by atoms with Crippen LogP contribution in [0.4, 0.5) is 4.79 Å². The Labute approximate surface area is 146 Å². The molecule has 6 nitrogen and oxygen atoms in total. The van der Waals surface area contributed by atoms with Crippen molar-refractivity contribution in [2.45, 2.75) is 57.5 Å². The number of nitrogens with zero attached hydrogens (tertiary/aromatic N) is 1. The van der Waals surface area contributed by atoms with E-state index >= 15 is 0 Å². The summed E-state index contributed by atoms with van der Waals surface area (Å²) in [6, 6.07) is 0. The van der Waals surface area contributed by atoms with Gasteiger partial charge in [-0.3, -0.25) is 0 Å². The summed E-state index contributed by atoms with van der Waals surface area (Å²) in [6.07, 6.45) is 8.87. The summed E-state index contributed by atoms with van der Waals surface area (Å²) in [5, 5.41) is 3.44. The van der Waals surface area contributed by atoms with Gasteiger partial charge in [-0.15, -0.1) is 0 Å². The molecular weight excluding hydrogens is 308 g/mol. The van der Waals surface area contributed by atoms with Gasteiger partial charge >= 0.3 is 6.09 Å². The number of nitrogens with one attached hydrogen (secondary N) is 1. The second kappa shape index (κ2) is 12.5. The highest BCUT2D eigenvalue weighted by Crippen LogP contribution is 2.12. The summed E-state index contributed by atoms with van der Waals surface area (Å²) in [5.74, 6) is 0. The van der Waals surface area contributed by atoms with E-state index in [9.17, 15) is 4.79 Å². The Bertz CT molecular complexity index is 319. The van der Waals surface area contributed by atoms with Crippen molar-refractivity contribution in [1.82, 2.24) is 10.2 Å². The van der Waals surface area contributed by atoms with Crippen LogP contribution in [0.3, 0.4) is 0 Å². The first-order chi connectivity index (χ1) is 11.9. The van der Waals surface area contributed by atoms with Crippen LogP contribution >= 0.6 is 0 Å². The Hall–Kier alpha value is -0.850. The lowest BCUT2D eigenvalue weighted by Gasteiger charge is -2.28. The third-order valence-corrected chi connectivity index (χ3v) is 4.62. The van der Waals surface area contributed by atoms with E-state index < -0.39 is 0 Å². The molecule has 1 N–H and O–H groups in total. The minimum Gasteiger partial charge on any atom is -0.445 e. The van der Waals surface area contributed by atoms with Crippen molar-refractivity contribution in [3.8, 4) is 0 Å². The molecule has 1 unspecified atom stereocenters. The predicted molar refractivity (Wildman–Crippen MR) is 93.3 cm³/mol. The van der Waals surface area contributed by atoms with E-state index in [1.807, 2.05) is 0 Å². The number of morpholine rings is 1. The van der Waals surface area contributed by atoms with E-state index in [4.69, 9.17) is 14.2 Å². The monoisotopic (exact) mass is 342 g/mol. The van der Waals surface area contributed by atoms with E-state index in [-0.39, 0.29) is 12.2 Å². The lowest BCUT2D eigenvalue weighted by molar-refractivity contribution is 0.0108. The van der Waals surface area contributed by atoms with Crippen molar-refractivity contribution in [1.29, 1.82) is 0 Å². The van der Waals surface area contributed by atoms with Crippen molar-refractivity contribution in [2.75, 3.05) is 52.6 Å². The maximum atomic E-state index is 12.3. The number of ether oxygens (including phenoxy) is 3. The Morgan fingerprint density at radius 3 is 2.38 bits per heavy atom. The lowest BCUT2D eigenvalue weighted by Crippen LogP contribution is -2.43. The van der Waals surface area contributed by atoms with E-state index in [1.54, 1.807) is 4.90 Å². The van der Waals surface area contributed by atoms with Gasteiger partial charge in [-0.2, -0.15) is 0 Å². The van der Waals surface area contributed by atoms with Gasteiger partial charge in [-0.1, -0.05) is 19.3 Å². The molecule has 140 valence electrons. The summed E-state index contributed by atoms with van der Waals surface area (Å²) < 4.78 is 16.7. The summed E-state index contributed by atoms with van der Waals surface area (Å²) >= 11 is 0. The number of hydrogen-bond acceptors (Lipinski definition) is 5. The highest BCUT2D eigenvalue weighted by molar-refractivity contribution is 5.67. The SMILES string of the molecule is O=C(OC1CCCCCCCOCCCCNC1)N1CCOCC1. The lowest BCUT2D eigenvalue weighted by atomic mass is 10.1. The summed E-state index contributed by atoms with van der Waals surface area (Å²) in [6.45, 7) is 5.95. The van der Waals surface area contributed by atoms with Crippen LogP contribution in [0.5, 0.6) is 0 Å². The normalized spacial score (nSPS) is 26.2. The van der Waals surface area contributed by atoms with Crippen molar-refractivity contribution >= 4 is 6.09 Å². The van der Waals surface area contributed by atoms with Crippen LogP contribution in [0.2, 0.25) is 0 Å². The van der Waals surface area contributed by atoms with Gasteiger partial charge in [0.1, 0.15) is 6.10 Å². The zero-order chi connectivity index (χ0) is 16.9. The third-order valence-electron chi connectivity index (χ3n) is 4.62. The second-order valence-corrected chi connectivity index (χ2v) is 6.69. The van der Waals surface area contributed by atoms with Gasteiger partial charge in [0, 0.05) is 32.8 Å². The van der Waals surface area contributed by atoms with Gasteiger partial charge in [-0.05, 0) is 38.6 Å². The quantitative estimate of drug-likeness (QED) is 0.794. The number of amides is 1. The molecule has 2 aliphatic heterocycles. The van der Waals surface area contributed by atoms with Gasteiger partial charge in [0.2, 0.25) is 0 Å². The zero-order valence-electron chi connectivity index (χ0n) is 15.0. The molecule has 0 radical (unpaired) electrons. The molecule has 0 aromatic carbocycles. The molecule has 0 bridgehead atoms. The molecule has 0 aromatic heterocycles. The molecule has 2 fully saturated rings. The maximum Gasteiger partial charge on any atom is 0.410 e. The van der Waals surface area contributed by atoms with Crippen LogP contribution in [0.15, 0.2) is 0 Å². The first-order valence-electron chi connectivity index (χ1n) is 9.68. The summed E-state index contributed by atoms with van der Waals surface area (Å²) in [4.78, 5) is 14.1. The number of carbonyl (C=O) groups is 1. The van der Waals surface area contributed by atoms with Crippen LogP contribution in [-0.4, -0.2) is 69.7 Å². The largest absolute Gasteiger partial charge is 0.445 e. The van der Waals surface area contributed by atoms with Crippen LogP contribution in [0, 0.1) is 0 Å². The van der Waals surface area contributed by atoms with Gasteiger partial charge < -0.3 is 24.4 Å². The summed E-state index contributed by atoms with van der Waals surface area (Å²) in [5.41, 5.74) is 0. The second-order valence-electron chi connectivity index (χ2n) is 6.69. The Kier molecular flexibility index (Phi) is 10.1. The minimum absolute atomic E-state index is 0.0262. The average Bonchev–Trinajstić information content (AvgIpc) is 2.62. The zero-order valence-corrected chi connectivity index (χ0v) is 15.0. The molecule has 24 heavy (non-hydrogen) atoms. The van der Waals surface area contributed by atoms with Gasteiger partial charge in [0.25, 0.3) is 0 Å². The Morgan fingerprint density at radius 1 is 0.875 bits per heavy atom. The first kappa shape index (κ1) is 19.5. The molecule has 1 atom stereocenters. The van der Waals surface area contributed by atoms with E-state index in [0.717, 1.165) is 58.4 Å². The molecule has 0 aromatic rings. The van der Waals surface area contributed by atoms with Crippen LogP contribution in [-0.2, 0) is 14.2 Å². The molecule has 6 heteroatoms. The minimum atomic E-state index is -0.184. The fourth-order valence-corrected chi connectivity index (χ4v) is 3.09. The summed E-state index contributed by atoms with van der Waals surface area (Å²) in [7, 11) is 0. The highest BCUT2D eigenvalue weighted by atomic mass is 16.6. The molecule has 1 amide bonds. The maximum absolute atomic E-state index is 12.3. The van der Waals surface area contributed by atoms with Crippen molar-refractivity contribution < 1.29 is 19.0 Å². The van der Waals surface area contributed by atoms with E-state index in [1.165, 1.54) is 19.3 Å². The van der Waals surface area contributed by atoms with Crippen LogP contribution in [0.1, 0.15) is 51.4 Å². The molecule has 0 aliphatic carbocycles. The molecule has 2 aliphatic rings. The number of carbonyl (C=O) groups excluding carboxylic acids is 1. The molecule has 0 saturated carbocycles. The number of hydrogen-bond donors (Lipinski definition) is 1. The first-order valence-corrected chi connectivity index (χ1v) is 9.68. The van der Waals surface area contributed by atoms with Crippen molar-refractivity contribution in [3.63, 3.8) is 0 Å². The Morgan fingerprint density at radius 2 is 1.54 bits per heavy atom. The molecule has 0 spiro atoms. The van der Waals surface area contributed by atoms with E-state index in [0.29, 0.717) is 26.3 Å². The molecule has 2 saturated heterocycles. The fraction of sp³-hybridized carbons (Fsp3) is 0.944. The molecular formula is C18H34N2O4.